The van der Waals surface area contributed by atoms with Crippen LogP contribution in [0.1, 0.15) is 22.3 Å². The monoisotopic (exact) mass is 552 g/mol. The Morgan fingerprint density at radius 1 is 1.26 bits per heavy atom. The summed E-state index contributed by atoms with van der Waals surface area (Å²) in [5, 5.41) is 16.5. The summed E-state index contributed by atoms with van der Waals surface area (Å²) in [6, 6.07) is 2.41. The minimum Gasteiger partial charge on any atom is -0.506 e. The van der Waals surface area contributed by atoms with Gasteiger partial charge in [0.05, 0.1) is 36.2 Å². The van der Waals surface area contributed by atoms with Crippen molar-refractivity contribution in [3.63, 3.8) is 0 Å². The molecule has 1 aromatic carbocycles. The second-order valence-electron chi connectivity index (χ2n) is 8.08. The van der Waals surface area contributed by atoms with Gasteiger partial charge in [-0.05, 0) is 24.6 Å². The summed E-state index contributed by atoms with van der Waals surface area (Å²) >= 11 is 6.06. The quantitative estimate of drug-likeness (QED) is 0.278. The molecule has 1 aliphatic heterocycles. The zero-order valence-corrected chi connectivity index (χ0v) is 20.4. The lowest BCUT2D eigenvalue weighted by molar-refractivity contribution is -0.0882. The number of phenols is 1. The predicted molar refractivity (Wildman–Crippen MR) is 133 cm³/mol. The molecule has 14 heteroatoms. The SMILES string of the molecule is O=C(NC1=CCC=CC(C(F)(F)F)=C1)c1cc(Cl)c(O)c(/C=N\Nc2ncc(F)c(N3CCOCC3)n2)c1. The lowest BCUT2D eigenvalue weighted by Gasteiger charge is -2.27. The maximum absolute atomic E-state index is 14.2. The highest BCUT2D eigenvalue weighted by atomic mass is 35.5. The lowest BCUT2D eigenvalue weighted by atomic mass is 10.1. The van der Waals surface area contributed by atoms with Gasteiger partial charge in [0, 0.05) is 29.9 Å². The van der Waals surface area contributed by atoms with Crippen molar-refractivity contribution in [2.24, 2.45) is 5.10 Å². The zero-order valence-electron chi connectivity index (χ0n) is 19.6. The number of carbonyl (C=O) groups excluding carboxylic acids is 1. The highest BCUT2D eigenvalue weighted by Gasteiger charge is 2.32. The average Bonchev–Trinajstić information content (AvgIpc) is 3.13. The van der Waals surface area contributed by atoms with Gasteiger partial charge in [0.2, 0.25) is 5.95 Å². The number of benzene rings is 1. The Morgan fingerprint density at radius 2 is 2.03 bits per heavy atom. The van der Waals surface area contributed by atoms with Crippen LogP contribution in [0.5, 0.6) is 5.75 Å². The summed E-state index contributed by atoms with van der Waals surface area (Å²) in [5.74, 6) is -1.69. The van der Waals surface area contributed by atoms with E-state index >= 15 is 0 Å². The standard InChI is InChI=1S/C24H21ClF4N6O3/c25-18-10-14(22(37)32-17-4-2-1-3-16(11-17)24(27,28)29)9-15(20(18)36)12-31-34-23-30-13-19(26)21(33-23)35-5-7-38-8-6-35/h1,3-4,9-13,36H,2,5-8H2,(H,32,37)(H,30,33,34)/b31-12-. The van der Waals surface area contributed by atoms with Crippen LogP contribution in [0.3, 0.4) is 0 Å². The van der Waals surface area contributed by atoms with E-state index in [1.807, 2.05) is 0 Å². The molecule has 0 atom stereocenters. The molecule has 2 heterocycles. The van der Waals surface area contributed by atoms with Crippen LogP contribution in [0.4, 0.5) is 29.3 Å². The lowest BCUT2D eigenvalue weighted by Crippen LogP contribution is -2.37. The molecule has 1 amide bonds. The van der Waals surface area contributed by atoms with Crippen molar-refractivity contribution in [3.05, 3.63) is 75.9 Å². The number of allylic oxidation sites excluding steroid dienone is 5. The Kier molecular flexibility index (Phi) is 8.27. The molecule has 2 aliphatic rings. The van der Waals surface area contributed by atoms with Gasteiger partial charge in [0.15, 0.2) is 11.6 Å². The molecule has 3 N–H and O–H groups in total. The van der Waals surface area contributed by atoms with Crippen LogP contribution in [0.25, 0.3) is 0 Å². The molecule has 1 saturated heterocycles. The molecule has 4 rings (SSSR count). The fourth-order valence-electron chi connectivity index (χ4n) is 3.55. The predicted octanol–water partition coefficient (Wildman–Crippen LogP) is 4.32. The number of aromatic nitrogens is 2. The first-order valence-electron chi connectivity index (χ1n) is 11.3. The van der Waals surface area contributed by atoms with E-state index in [2.05, 4.69) is 25.8 Å². The molecule has 38 heavy (non-hydrogen) atoms. The Hall–Kier alpha value is -3.97. The van der Waals surface area contributed by atoms with Gasteiger partial charge in [0.25, 0.3) is 5.91 Å². The molecule has 1 fully saturated rings. The van der Waals surface area contributed by atoms with Gasteiger partial charge in [-0.1, -0.05) is 29.8 Å². The van der Waals surface area contributed by atoms with Gasteiger partial charge in [-0.15, -0.1) is 0 Å². The number of nitrogens with one attached hydrogen (secondary N) is 2. The van der Waals surface area contributed by atoms with Crippen LogP contribution < -0.4 is 15.6 Å². The van der Waals surface area contributed by atoms with Crippen molar-refractivity contribution in [1.29, 1.82) is 0 Å². The molecule has 0 radical (unpaired) electrons. The Balaban J connectivity index is 1.49. The van der Waals surface area contributed by atoms with E-state index in [4.69, 9.17) is 16.3 Å². The van der Waals surface area contributed by atoms with Crippen molar-refractivity contribution < 1.29 is 32.2 Å². The van der Waals surface area contributed by atoms with E-state index in [1.54, 1.807) is 4.90 Å². The van der Waals surface area contributed by atoms with E-state index in [9.17, 15) is 27.5 Å². The Morgan fingerprint density at radius 3 is 2.76 bits per heavy atom. The summed E-state index contributed by atoms with van der Waals surface area (Å²) in [6.45, 7) is 1.78. The van der Waals surface area contributed by atoms with E-state index in [0.29, 0.717) is 26.3 Å². The third-order valence-electron chi connectivity index (χ3n) is 5.43. The molecule has 1 aliphatic carbocycles. The van der Waals surface area contributed by atoms with Crippen molar-refractivity contribution in [1.82, 2.24) is 15.3 Å². The van der Waals surface area contributed by atoms with Crippen LogP contribution in [-0.2, 0) is 4.74 Å². The largest absolute Gasteiger partial charge is 0.506 e. The number of hydrogen-bond acceptors (Lipinski definition) is 8. The number of hydrazone groups is 1. The van der Waals surface area contributed by atoms with Crippen LogP contribution in [0.15, 0.2) is 59.0 Å². The van der Waals surface area contributed by atoms with Gasteiger partial charge in [-0.2, -0.15) is 23.3 Å². The van der Waals surface area contributed by atoms with Gasteiger partial charge in [-0.3, -0.25) is 4.79 Å². The number of hydrogen-bond donors (Lipinski definition) is 3. The summed E-state index contributed by atoms with van der Waals surface area (Å²) in [6.07, 6.45) is 2.24. The molecular formula is C24H21ClF4N6O3. The topological polar surface area (TPSA) is 112 Å². The number of anilines is 2. The average molecular weight is 553 g/mol. The smallest absolute Gasteiger partial charge is 0.416 e. The van der Waals surface area contributed by atoms with Crippen LogP contribution >= 0.6 is 11.6 Å². The highest BCUT2D eigenvalue weighted by molar-refractivity contribution is 6.33. The first-order chi connectivity index (χ1) is 18.1. The molecule has 0 saturated carbocycles. The van der Waals surface area contributed by atoms with Crippen molar-refractivity contribution in [3.8, 4) is 5.75 Å². The van der Waals surface area contributed by atoms with E-state index in [0.717, 1.165) is 24.6 Å². The number of phenolic OH excluding ortho intramolecular Hbond substituents is 1. The van der Waals surface area contributed by atoms with E-state index < -0.39 is 23.5 Å². The zero-order chi connectivity index (χ0) is 27.3. The van der Waals surface area contributed by atoms with Crippen LogP contribution in [0, 0.1) is 5.82 Å². The number of carbonyl (C=O) groups is 1. The molecule has 0 unspecified atom stereocenters. The molecular weight excluding hydrogens is 532 g/mol. The number of nitrogens with zero attached hydrogens (tertiary/aromatic N) is 4. The highest BCUT2D eigenvalue weighted by Crippen LogP contribution is 2.30. The fourth-order valence-corrected chi connectivity index (χ4v) is 3.78. The molecule has 9 nitrogen and oxygen atoms in total. The molecule has 0 bridgehead atoms. The van der Waals surface area contributed by atoms with E-state index in [1.165, 1.54) is 24.3 Å². The summed E-state index contributed by atoms with van der Waals surface area (Å²) < 4.78 is 58.8. The summed E-state index contributed by atoms with van der Waals surface area (Å²) in [5.41, 5.74) is 1.55. The van der Waals surface area contributed by atoms with E-state index in [-0.39, 0.29) is 45.8 Å². The summed E-state index contributed by atoms with van der Waals surface area (Å²) in [4.78, 5) is 22.4. The molecule has 1 aromatic heterocycles. The molecule has 2 aromatic rings. The van der Waals surface area contributed by atoms with Gasteiger partial charge in [0.1, 0.15) is 5.75 Å². The molecule has 0 spiro atoms. The molecule has 200 valence electrons. The Labute approximate surface area is 219 Å². The first-order valence-corrected chi connectivity index (χ1v) is 11.6. The second kappa shape index (κ2) is 11.6. The second-order valence-corrected chi connectivity index (χ2v) is 8.49. The fraction of sp³-hybridized carbons (Fsp3) is 0.250. The van der Waals surface area contributed by atoms with Gasteiger partial charge >= 0.3 is 6.18 Å². The van der Waals surface area contributed by atoms with Gasteiger partial charge in [-0.25, -0.2) is 14.8 Å². The third kappa shape index (κ3) is 6.66. The number of aromatic hydroxyl groups is 1. The third-order valence-corrected chi connectivity index (χ3v) is 5.72. The number of alkyl halides is 3. The van der Waals surface area contributed by atoms with Crippen molar-refractivity contribution in [2.45, 2.75) is 12.6 Å². The minimum atomic E-state index is -4.58. The minimum absolute atomic E-state index is 0.0219. The number of rotatable bonds is 6. The van der Waals surface area contributed by atoms with Crippen LogP contribution in [0.2, 0.25) is 5.02 Å². The number of amides is 1. The Bertz CT molecular complexity index is 1340. The maximum atomic E-state index is 14.2. The summed E-state index contributed by atoms with van der Waals surface area (Å²) in [7, 11) is 0. The maximum Gasteiger partial charge on any atom is 0.416 e. The van der Waals surface area contributed by atoms with Crippen molar-refractivity contribution >= 4 is 35.5 Å². The number of ether oxygens (including phenoxy) is 1. The first kappa shape index (κ1) is 27.1. The van der Waals surface area contributed by atoms with Crippen molar-refractivity contribution in [2.75, 3.05) is 36.6 Å². The normalized spacial score (nSPS) is 16.2. The van der Waals surface area contributed by atoms with Gasteiger partial charge < -0.3 is 20.1 Å². The van der Waals surface area contributed by atoms with Crippen LogP contribution in [-0.4, -0.2) is 59.7 Å². The number of halogens is 5. The number of morpholine rings is 1.